The first-order valence-corrected chi connectivity index (χ1v) is 3.08. The third-order valence-corrected chi connectivity index (χ3v) is 1.27. The van der Waals surface area contributed by atoms with E-state index in [1.165, 1.54) is 13.0 Å². The van der Waals surface area contributed by atoms with Crippen LogP contribution in [0.5, 0.6) is 0 Å². The molecular formula is C6H8N2O3. The van der Waals surface area contributed by atoms with Crippen molar-refractivity contribution in [1.29, 1.82) is 0 Å². The number of aromatic amines is 1. The molecule has 1 rings (SSSR count). The van der Waals surface area contributed by atoms with Crippen LogP contribution in [-0.2, 0) is 0 Å². The summed E-state index contributed by atoms with van der Waals surface area (Å²) in [6.07, 6.45) is -0.712. The maximum absolute atomic E-state index is 10.3. The van der Waals surface area contributed by atoms with Crippen molar-refractivity contribution in [1.82, 2.24) is 10.2 Å². The van der Waals surface area contributed by atoms with Crippen molar-refractivity contribution < 1.29 is 15.0 Å². The first-order chi connectivity index (χ1) is 5.11. The second kappa shape index (κ2) is 2.71. The molecule has 0 aliphatic carbocycles. The lowest BCUT2D eigenvalue weighted by molar-refractivity contribution is 0.0690. The Hall–Kier alpha value is -1.36. The van der Waals surface area contributed by atoms with Crippen molar-refractivity contribution in [2.24, 2.45) is 0 Å². The van der Waals surface area contributed by atoms with Gasteiger partial charge in [0.2, 0.25) is 0 Å². The van der Waals surface area contributed by atoms with E-state index in [1.54, 1.807) is 0 Å². The second-order valence-corrected chi connectivity index (χ2v) is 2.19. The number of nitrogens with one attached hydrogen (secondary N) is 1. The smallest absolute Gasteiger partial charge is 0.356 e. The molecular weight excluding hydrogens is 148 g/mol. The van der Waals surface area contributed by atoms with Crippen molar-refractivity contribution >= 4 is 5.97 Å². The minimum atomic E-state index is -1.10. The minimum absolute atomic E-state index is 0.0825. The van der Waals surface area contributed by atoms with E-state index in [9.17, 15) is 4.79 Å². The van der Waals surface area contributed by atoms with Crippen LogP contribution in [0, 0.1) is 0 Å². The van der Waals surface area contributed by atoms with Gasteiger partial charge in [-0.3, -0.25) is 5.10 Å². The number of aliphatic hydroxyl groups excluding tert-OH is 1. The topological polar surface area (TPSA) is 86.2 Å². The largest absolute Gasteiger partial charge is 0.476 e. The van der Waals surface area contributed by atoms with E-state index in [4.69, 9.17) is 10.2 Å². The maximum Gasteiger partial charge on any atom is 0.356 e. The lowest BCUT2D eigenvalue weighted by Gasteiger charge is -1.95. The zero-order valence-electron chi connectivity index (χ0n) is 5.90. The van der Waals surface area contributed by atoms with Gasteiger partial charge in [0.1, 0.15) is 0 Å². The lowest BCUT2D eigenvalue weighted by Crippen LogP contribution is -1.95. The molecule has 1 heterocycles. The van der Waals surface area contributed by atoms with Crippen LogP contribution in [-0.4, -0.2) is 26.4 Å². The average molecular weight is 156 g/mol. The van der Waals surface area contributed by atoms with Gasteiger partial charge in [-0.25, -0.2) is 4.79 Å². The molecule has 0 amide bonds. The number of nitrogens with zero attached hydrogens (tertiary/aromatic N) is 1. The molecule has 0 fully saturated rings. The fraction of sp³-hybridized carbons (Fsp3) is 0.333. The summed E-state index contributed by atoms with van der Waals surface area (Å²) in [6, 6.07) is 1.30. The molecule has 11 heavy (non-hydrogen) atoms. The fourth-order valence-electron chi connectivity index (χ4n) is 0.660. The Labute approximate surface area is 62.7 Å². The molecule has 1 aromatic rings. The number of H-pyrrole nitrogens is 1. The molecule has 1 atom stereocenters. The van der Waals surface area contributed by atoms with Crippen LogP contribution in [0.4, 0.5) is 0 Å². The highest BCUT2D eigenvalue weighted by Crippen LogP contribution is 2.08. The van der Waals surface area contributed by atoms with Crippen LogP contribution < -0.4 is 0 Å². The van der Waals surface area contributed by atoms with E-state index in [-0.39, 0.29) is 5.69 Å². The van der Waals surface area contributed by atoms with Crippen LogP contribution in [0.15, 0.2) is 6.07 Å². The Morgan fingerprint density at radius 2 is 2.45 bits per heavy atom. The van der Waals surface area contributed by atoms with E-state index >= 15 is 0 Å². The van der Waals surface area contributed by atoms with Gasteiger partial charge in [0, 0.05) is 0 Å². The fourth-order valence-corrected chi connectivity index (χ4v) is 0.660. The van der Waals surface area contributed by atoms with Gasteiger partial charge in [-0.2, -0.15) is 5.10 Å². The van der Waals surface area contributed by atoms with Crippen LogP contribution in [0.1, 0.15) is 29.2 Å². The summed E-state index contributed by atoms with van der Waals surface area (Å²) in [6.45, 7) is 1.53. The molecule has 0 saturated carbocycles. The zero-order valence-corrected chi connectivity index (χ0v) is 5.90. The molecule has 0 aromatic carbocycles. The number of hydrogen-bond acceptors (Lipinski definition) is 3. The summed E-state index contributed by atoms with van der Waals surface area (Å²) in [5.74, 6) is -1.10. The van der Waals surface area contributed by atoms with Crippen LogP contribution in [0.2, 0.25) is 0 Å². The Balaban J connectivity index is 2.90. The number of hydrogen-bond donors (Lipinski definition) is 3. The molecule has 0 saturated heterocycles. The molecule has 0 bridgehead atoms. The van der Waals surface area contributed by atoms with E-state index in [0.717, 1.165) is 0 Å². The van der Waals surface area contributed by atoms with Crippen molar-refractivity contribution in [3.8, 4) is 0 Å². The molecule has 5 nitrogen and oxygen atoms in total. The summed E-state index contributed by atoms with van der Waals surface area (Å²) in [5, 5.41) is 23.2. The highest BCUT2D eigenvalue weighted by atomic mass is 16.4. The third-order valence-electron chi connectivity index (χ3n) is 1.27. The normalized spacial score (nSPS) is 12.9. The molecule has 1 aromatic heterocycles. The van der Waals surface area contributed by atoms with Gasteiger partial charge in [0.05, 0.1) is 11.8 Å². The summed E-state index contributed by atoms with van der Waals surface area (Å²) in [4.78, 5) is 10.3. The van der Waals surface area contributed by atoms with E-state index in [1.807, 2.05) is 0 Å². The number of aromatic nitrogens is 2. The summed E-state index contributed by atoms with van der Waals surface area (Å²) in [5.41, 5.74) is 0.323. The van der Waals surface area contributed by atoms with Gasteiger partial charge in [-0.15, -0.1) is 0 Å². The molecule has 0 aliphatic rings. The standard InChI is InChI=1S/C6H8N2O3/c1-3(9)4-2-5(6(10)11)8-7-4/h2-3,9H,1H3,(H,7,8)(H,10,11)/t3-/m1/s1. The average Bonchev–Trinajstić information content (AvgIpc) is 2.33. The van der Waals surface area contributed by atoms with Gasteiger partial charge < -0.3 is 10.2 Å². The number of aromatic carboxylic acids is 1. The van der Waals surface area contributed by atoms with Crippen molar-refractivity contribution in [2.75, 3.05) is 0 Å². The number of carboxylic acids is 1. The first-order valence-electron chi connectivity index (χ1n) is 3.08. The Bertz CT molecular complexity index is 267. The zero-order chi connectivity index (χ0) is 8.43. The second-order valence-electron chi connectivity index (χ2n) is 2.19. The summed E-state index contributed by atoms with van der Waals surface area (Å²) >= 11 is 0. The number of aliphatic hydroxyl groups is 1. The third kappa shape index (κ3) is 1.56. The van der Waals surface area contributed by atoms with Gasteiger partial charge in [0.25, 0.3) is 0 Å². The maximum atomic E-state index is 10.3. The van der Waals surface area contributed by atoms with Crippen molar-refractivity contribution in [2.45, 2.75) is 13.0 Å². The Kier molecular flexibility index (Phi) is 1.91. The molecule has 3 N–H and O–H groups in total. The molecule has 0 radical (unpaired) electrons. The number of carbonyl (C=O) groups is 1. The molecule has 60 valence electrons. The van der Waals surface area contributed by atoms with Crippen molar-refractivity contribution in [3.05, 3.63) is 17.5 Å². The van der Waals surface area contributed by atoms with E-state index in [2.05, 4.69) is 10.2 Å². The predicted molar refractivity (Wildman–Crippen MR) is 36.2 cm³/mol. The van der Waals surface area contributed by atoms with Gasteiger partial charge in [-0.05, 0) is 13.0 Å². The van der Waals surface area contributed by atoms with Crippen LogP contribution in [0.25, 0.3) is 0 Å². The van der Waals surface area contributed by atoms with Crippen molar-refractivity contribution in [3.63, 3.8) is 0 Å². The molecule has 0 unspecified atom stereocenters. The molecule has 0 aliphatic heterocycles. The molecule has 5 heteroatoms. The number of rotatable bonds is 2. The highest BCUT2D eigenvalue weighted by Gasteiger charge is 2.10. The predicted octanol–water partition coefficient (Wildman–Crippen LogP) is 0.161. The van der Waals surface area contributed by atoms with Crippen LogP contribution >= 0.6 is 0 Å². The highest BCUT2D eigenvalue weighted by molar-refractivity contribution is 5.85. The van der Waals surface area contributed by atoms with Crippen LogP contribution in [0.3, 0.4) is 0 Å². The lowest BCUT2D eigenvalue weighted by atomic mass is 10.3. The van der Waals surface area contributed by atoms with E-state index < -0.39 is 12.1 Å². The van der Waals surface area contributed by atoms with E-state index in [0.29, 0.717) is 5.69 Å². The SMILES string of the molecule is C[C@@H](O)c1cc(C(=O)O)n[nH]1. The first kappa shape index (κ1) is 7.74. The number of carboxylic acid groups (broad SMARTS) is 1. The Morgan fingerprint density at radius 3 is 2.73 bits per heavy atom. The van der Waals surface area contributed by atoms with Gasteiger partial charge in [-0.1, -0.05) is 0 Å². The monoisotopic (exact) mass is 156 g/mol. The van der Waals surface area contributed by atoms with Gasteiger partial charge >= 0.3 is 5.97 Å². The summed E-state index contributed by atoms with van der Waals surface area (Å²) in [7, 11) is 0. The Morgan fingerprint density at radius 1 is 1.82 bits per heavy atom. The summed E-state index contributed by atoms with van der Waals surface area (Å²) < 4.78 is 0. The minimum Gasteiger partial charge on any atom is -0.476 e. The quantitative estimate of drug-likeness (QED) is 0.569. The molecule has 0 spiro atoms. The van der Waals surface area contributed by atoms with Gasteiger partial charge in [0.15, 0.2) is 5.69 Å².